The minimum Gasteiger partial charge on any atom is -0.503 e. The number of nitrogens with zero attached hydrogens (tertiary/aromatic N) is 2. The van der Waals surface area contributed by atoms with Crippen LogP contribution in [0, 0.1) is 0 Å². The summed E-state index contributed by atoms with van der Waals surface area (Å²) in [6, 6.07) is 15.6. The number of likely N-dealkylation sites (N-methyl/N-ethyl adjacent to an activating group) is 1. The molecule has 1 unspecified atom stereocenters. The maximum absolute atomic E-state index is 13.6. The van der Waals surface area contributed by atoms with Gasteiger partial charge in [0, 0.05) is 18.5 Å². The van der Waals surface area contributed by atoms with Crippen molar-refractivity contribution in [1.82, 2.24) is 9.80 Å². The molecule has 1 atom stereocenters. The number of benzene rings is 2. The molecule has 0 saturated heterocycles. The van der Waals surface area contributed by atoms with E-state index in [9.17, 15) is 14.7 Å². The molecule has 0 bridgehead atoms. The molecule has 0 spiro atoms. The summed E-state index contributed by atoms with van der Waals surface area (Å²) >= 11 is 0. The average molecular weight is 463 g/mol. The van der Waals surface area contributed by atoms with Gasteiger partial charge in [0.05, 0.1) is 18.2 Å². The molecule has 3 aromatic rings. The molecule has 2 aromatic carbocycles. The second-order valence-electron chi connectivity index (χ2n) is 8.72. The Balaban J connectivity index is 1.70. The van der Waals surface area contributed by atoms with E-state index in [1.807, 2.05) is 61.5 Å². The summed E-state index contributed by atoms with van der Waals surface area (Å²) in [7, 11) is 3.82. The van der Waals surface area contributed by atoms with Crippen molar-refractivity contribution in [3.8, 4) is 5.75 Å². The third-order valence-electron chi connectivity index (χ3n) is 5.95. The van der Waals surface area contributed by atoms with Crippen LogP contribution in [0.4, 0.5) is 0 Å². The molecule has 2 heterocycles. The minimum atomic E-state index is -0.724. The summed E-state index contributed by atoms with van der Waals surface area (Å²) in [5, 5.41) is 11.6. The third kappa shape index (κ3) is 4.70. The smallest absolute Gasteiger partial charge is 0.290 e. The van der Waals surface area contributed by atoms with Crippen molar-refractivity contribution in [2.75, 3.05) is 33.8 Å². The Morgan fingerprint density at radius 2 is 1.88 bits per heavy atom. The van der Waals surface area contributed by atoms with Gasteiger partial charge in [-0.1, -0.05) is 43.7 Å². The second-order valence-corrected chi connectivity index (χ2v) is 8.72. The lowest BCUT2D eigenvalue weighted by Gasteiger charge is -2.28. The van der Waals surface area contributed by atoms with Gasteiger partial charge >= 0.3 is 0 Å². The van der Waals surface area contributed by atoms with Crippen LogP contribution in [0.25, 0.3) is 11.0 Å². The van der Waals surface area contributed by atoms with Crippen LogP contribution in [0.3, 0.4) is 0 Å². The lowest BCUT2D eigenvalue weighted by molar-refractivity contribution is -0.129. The zero-order valence-electron chi connectivity index (χ0n) is 19.8. The van der Waals surface area contributed by atoms with E-state index in [1.54, 1.807) is 12.1 Å². The molecule has 0 fully saturated rings. The Labute approximate surface area is 199 Å². The Morgan fingerprint density at radius 3 is 2.56 bits per heavy atom. The largest absolute Gasteiger partial charge is 0.503 e. The predicted octanol–water partition coefficient (Wildman–Crippen LogP) is 4.75. The molecular weight excluding hydrogens is 432 g/mol. The minimum absolute atomic E-state index is 0.0301. The summed E-state index contributed by atoms with van der Waals surface area (Å²) in [5.41, 5.74) is 1.32. The van der Waals surface area contributed by atoms with Crippen LogP contribution >= 0.6 is 0 Å². The number of para-hydroxylation sites is 1. The van der Waals surface area contributed by atoms with Crippen molar-refractivity contribution >= 4 is 22.7 Å². The maximum atomic E-state index is 13.6. The van der Waals surface area contributed by atoms with Gasteiger partial charge < -0.3 is 24.1 Å². The molecule has 1 amide bonds. The van der Waals surface area contributed by atoms with Crippen LogP contribution in [0.5, 0.6) is 5.75 Å². The number of rotatable bonds is 10. The van der Waals surface area contributed by atoms with E-state index in [1.165, 1.54) is 4.90 Å². The number of ketones is 1. The third-order valence-corrected chi connectivity index (χ3v) is 5.95. The first-order chi connectivity index (χ1) is 16.4. The van der Waals surface area contributed by atoms with Gasteiger partial charge in [-0.05, 0) is 50.3 Å². The highest BCUT2D eigenvalue weighted by molar-refractivity contribution is 6.16. The summed E-state index contributed by atoms with van der Waals surface area (Å²) in [5.74, 6) is -0.774. The summed E-state index contributed by atoms with van der Waals surface area (Å²) < 4.78 is 11.5. The van der Waals surface area contributed by atoms with Gasteiger partial charge in [0.1, 0.15) is 11.3 Å². The Morgan fingerprint density at radius 1 is 1.15 bits per heavy atom. The van der Waals surface area contributed by atoms with E-state index < -0.39 is 23.5 Å². The van der Waals surface area contributed by atoms with Gasteiger partial charge in [-0.3, -0.25) is 9.59 Å². The summed E-state index contributed by atoms with van der Waals surface area (Å²) in [6.07, 6.45) is 2.00. The molecule has 7 heteroatoms. The number of furan rings is 1. The fraction of sp³-hybridized carbons (Fsp3) is 0.333. The molecule has 7 nitrogen and oxygen atoms in total. The van der Waals surface area contributed by atoms with Gasteiger partial charge in [-0.25, -0.2) is 0 Å². The Kier molecular flexibility index (Phi) is 7.03. The van der Waals surface area contributed by atoms with Crippen LogP contribution in [-0.2, 0) is 4.79 Å². The SMILES string of the molecule is CCCCOc1ccc(C2C(C(=O)c3cc4ccccc4o3)=C(O)C(=O)N2CCN(C)C)cc1. The van der Waals surface area contributed by atoms with Crippen LogP contribution in [-0.4, -0.2) is 60.4 Å². The quantitative estimate of drug-likeness (QED) is 0.346. The molecule has 1 N–H and O–H groups in total. The topological polar surface area (TPSA) is 83.2 Å². The van der Waals surface area contributed by atoms with Crippen molar-refractivity contribution in [3.05, 3.63) is 77.3 Å². The van der Waals surface area contributed by atoms with Gasteiger partial charge in [0.25, 0.3) is 5.91 Å². The molecule has 0 saturated carbocycles. The van der Waals surface area contributed by atoms with Gasteiger partial charge in [-0.2, -0.15) is 0 Å². The van der Waals surface area contributed by atoms with E-state index in [0.29, 0.717) is 25.3 Å². The number of ether oxygens (including phenoxy) is 1. The van der Waals surface area contributed by atoms with E-state index >= 15 is 0 Å². The Bertz CT molecular complexity index is 1180. The first kappa shape index (κ1) is 23.6. The van der Waals surface area contributed by atoms with E-state index in [-0.39, 0.29) is 11.3 Å². The molecule has 0 radical (unpaired) electrons. The van der Waals surface area contributed by atoms with E-state index in [4.69, 9.17) is 9.15 Å². The zero-order chi connectivity index (χ0) is 24.2. The first-order valence-electron chi connectivity index (χ1n) is 11.6. The molecular formula is C27H30N2O5. The molecule has 4 rings (SSSR count). The van der Waals surface area contributed by atoms with Crippen LogP contribution in [0.1, 0.15) is 41.9 Å². The predicted molar refractivity (Wildman–Crippen MR) is 130 cm³/mol. The van der Waals surface area contributed by atoms with Crippen LogP contribution in [0.2, 0.25) is 0 Å². The fourth-order valence-corrected chi connectivity index (χ4v) is 4.08. The Hall–Kier alpha value is -3.58. The van der Waals surface area contributed by atoms with Crippen molar-refractivity contribution in [3.63, 3.8) is 0 Å². The van der Waals surface area contributed by atoms with E-state index in [2.05, 4.69) is 6.92 Å². The number of Topliss-reactive ketones (excluding diaryl/α,β-unsaturated/α-hetero) is 1. The number of aliphatic hydroxyl groups excluding tert-OH is 1. The maximum Gasteiger partial charge on any atom is 0.290 e. The molecule has 34 heavy (non-hydrogen) atoms. The lowest BCUT2D eigenvalue weighted by Crippen LogP contribution is -2.36. The standard InChI is InChI=1S/C27H30N2O5/c1-4-5-16-33-20-12-10-18(11-13-20)24-23(26(31)27(32)29(24)15-14-28(2)3)25(30)22-17-19-8-6-7-9-21(19)34-22/h6-13,17,24,31H,4-5,14-16H2,1-3H3. The van der Waals surface area contributed by atoms with Crippen molar-refractivity contribution < 1.29 is 23.8 Å². The summed E-state index contributed by atoms with van der Waals surface area (Å²) in [4.78, 5) is 30.1. The number of aliphatic hydroxyl groups is 1. The second kappa shape index (κ2) is 10.1. The summed E-state index contributed by atoms with van der Waals surface area (Å²) in [6.45, 7) is 3.67. The number of amides is 1. The zero-order valence-corrected chi connectivity index (χ0v) is 19.8. The van der Waals surface area contributed by atoms with Gasteiger partial charge in [0.15, 0.2) is 11.5 Å². The van der Waals surface area contributed by atoms with Crippen molar-refractivity contribution in [1.29, 1.82) is 0 Å². The molecule has 1 aliphatic heterocycles. The number of carbonyl (C=O) groups excluding carboxylic acids is 2. The highest BCUT2D eigenvalue weighted by Gasteiger charge is 2.44. The number of fused-ring (bicyclic) bond motifs is 1. The van der Waals surface area contributed by atoms with Crippen LogP contribution in [0.15, 0.2) is 70.3 Å². The van der Waals surface area contributed by atoms with Crippen molar-refractivity contribution in [2.24, 2.45) is 0 Å². The number of hydrogen-bond acceptors (Lipinski definition) is 6. The van der Waals surface area contributed by atoms with Gasteiger partial charge in [0.2, 0.25) is 5.78 Å². The molecule has 0 aliphatic carbocycles. The number of carbonyl (C=O) groups is 2. The first-order valence-corrected chi connectivity index (χ1v) is 11.6. The highest BCUT2D eigenvalue weighted by Crippen LogP contribution is 2.40. The number of unbranched alkanes of at least 4 members (excludes halogenated alkanes) is 1. The fourth-order valence-electron chi connectivity index (χ4n) is 4.08. The van der Waals surface area contributed by atoms with Crippen LogP contribution < -0.4 is 4.74 Å². The average Bonchev–Trinajstić information content (AvgIpc) is 3.37. The lowest BCUT2D eigenvalue weighted by atomic mass is 9.95. The van der Waals surface area contributed by atoms with Crippen molar-refractivity contribution in [2.45, 2.75) is 25.8 Å². The van der Waals surface area contributed by atoms with Gasteiger partial charge in [-0.15, -0.1) is 0 Å². The number of hydrogen-bond donors (Lipinski definition) is 1. The molecule has 1 aromatic heterocycles. The molecule has 178 valence electrons. The normalized spacial score (nSPS) is 16.2. The highest BCUT2D eigenvalue weighted by atomic mass is 16.5. The van der Waals surface area contributed by atoms with E-state index in [0.717, 1.165) is 29.5 Å². The monoisotopic (exact) mass is 462 g/mol. The molecule has 1 aliphatic rings.